The van der Waals surface area contributed by atoms with Crippen molar-refractivity contribution >= 4 is 0 Å². The molecule has 1 saturated carbocycles. The number of hydrogen-bond acceptors (Lipinski definition) is 2. The largest absolute Gasteiger partial charge is 0.310 e. The second-order valence-corrected chi connectivity index (χ2v) is 5.01. The van der Waals surface area contributed by atoms with Crippen LogP contribution >= 0.6 is 0 Å². The summed E-state index contributed by atoms with van der Waals surface area (Å²) in [4.78, 5) is 2.49. The monoisotopic (exact) mass is 200 g/mol. The van der Waals surface area contributed by atoms with Crippen molar-refractivity contribution < 1.29 is 4.39 Å². The van der Waals surface area contributed by atoms with Gasteiger partial charge in [0.1, 0.15) is 6.17 Å². The summed E-state index contributed by atoms with van der Waals surface area (Å²) in [6.45, 7) is 6.82. The van der Waals surface area contributed by atoms with Crippen LogP contribution in [-0.4, -0.2) is 42.3 Å². The van der Waals surface area contributed by atoms with E-state index in [4.69, 9.17) is 0 Å². The predicted octanol–water partition coefficient (Wildman–Crippen LogP) is 1.56. The molecular weight excluding hydrogens is 179 g/mol. The van der Waals surface area contributed by atoms with Crippen LogP contribution in [0, 0.1) is 0 Å². The summed E-state index contributed by atoms with van der Waals surface area (Å²) in [5.74, 6) is 0. The smallest absolute Gasteiger partial charge is 0.103 e. The van der Waals surface area contributed by atoms with Gasteiger partial charge in [0.05, 0.1) is 0 Å². The lowest BCUT2D eigenvalue weighted by atomic mass is 9.90. The highest BCUT2D eigenvalue weighted by Crippen LogP contribution is 2.24. The number of halogens is 1. The highest BCUT2D eigenvalue weighted by molar-refractivity contribution is 4.91. The SMILES string of the molecule is CC(C)N1CC[C@@H](NC2CC(F)C2)C1. The van der Waals surface area contributed by atoms with Crippen LogP contribution in [0.2, 0.25) is 0 Å². The molecule has 0 spiro atoms. The molecule has 0 aromatic rings. The van der Waals surface area contributed by atoms with Crippen molar-refractivity contribution in [2.24, 2.45) is 0 Å². The fourth-order valence-electron chi connectivity index (χ4n) is 2.41. The fourth-order valence-corrected chi connectivity index (χ4v) is 2.41. The van der Waals surface area contributed by atoms with Crippen LogP contribution < -0.4 is 5.32 Å². The Morgan fingerprint density at radius 3 is 2.50 bits per heavy atom. The van der Waals surface area contributed by atoms with E-state index in [1.165, 1.54) is 13.0 Å². The molecule has 2 nitrogen and oxygen atoms in total. The molecule has 0 radical (unpaired) electrons. The van der Waals surface area contributed by atoms with Gasteiger partial charge in [-0.2, -0.15) is 0 Å². The lowest BCUT2D eigenvalue weighted by Gasteiger charge is -2.33. The average molecular weight is 200 g/mol. The maximum atomic E-state index is 12.6. The lowest BCUT2D eigenvalue weighted by Crippen LogP contribution is -2.48. The predicted molar refractivity (Wildman–Crippen MR) is 56.2 cm³/mol. The van der Waals surface area contributed by atoms with Crippen LogP contribution in [0.25, 0.3) is 0 Å². The lowest BCUT2D eigenvalue weighted by molar-refractivity contribution is 0.145. The molecule has 2 fully saturated rings. The van der Waals surface area contributed by atoms with Crippen LogP contribution in [0.15, 0.2) is 0 Å². The second kappa shape index (κ2) is 4.15. The standard InChI is InChI=1S/C11H21FN2/c1-8(2)14-4-3-10(7-14)13-11-5-9(12)6-11/h8-11,13H,3-7H2,1-2H3/t9?,10-,11?/m1/s1. The van der Waals surface area contributed by atoms with E-state index in [0.29, 0.717) is 18.1 Å². The van der Waals surface area contributed by atoms with Gasteiger partial charge in [0.2, 0.25) is 0 Å². The van der Waals surface area contributed by atoms with Crippen molar-refractivity contribution in [3.8, 4) is 0 Å². The third-order valence-corrected chi connectivity index (χ3v) is 3.50. The van der Waals surface area contributed by atoms with E-state index in [9.17, 15) is 4.39 Å². The number of nitrogens with one attached hydrogen (secondary N) is 1. The van der Waals surface area contributed by atoms with Crippen LogP contribution in [-0.2, 0) is 0 Å². The topological polar surface area (TPSA) is 15.3 Å². The second-order valence-electron chi connectivity index (χ2n) is 5.01. The normalized spacial score (nSPS) is 39.0. The molecule has 1 saturated heterocycles. The third-order valence-electron chi connectivity index (χ3n) is 3.50. The van der Waals surface area contributed by atoms with E-state index >= 15 is 0 Å². The van der Waals surface area contributed by atoms with E-state index in [-0.39, 0.29) is 0 Å². The molecule has 14 heavy (non-hydrogen) atoms. The molecule has 0 aromatic carbocycles. The van der Waals surface area contributed by atoms with Gasteiger partial charge in [-0.25, -0.2) is 4.39 Å². The minimum absolute atomic E-state index is 0.460. The molecular formula is C11H21FN2. The molecule has 82 valence electrons. The Hall–Kier alpha value is -0.150. The van der Waals surface area contributed by atoms with E-state index in [1.807, 2.05) is 0 Å². The van der Waals surface area contributed by atoms with E-state index in [1.54, 1.807) is 0 Å². The summed E-state index contributed by atoms with van der Waals surface area (Å²) >= 11 is 0. The molecule has 1 aliphatic heterocycles. The molecule has 3 heteroatoms. The molecule has 1 aliphatic carbocycles. The summed E-state index contributed by atoms with van der Waals surface area (Å²) in [5.41, 5.74) is 0. The first-order valence-corrected chi connectivity index (χ1v) is 5.79. The summed E-state index contributed by atoms with van der Waals surface area (Å²) in [7, 11) is 0. The van der Waals surface area contributed by atoms with Crippen molar-refractivity contribution in [2.75, 3.05) is 13.1 Å². The molecule has 1 atom stereocenters. The highest BCUT2D eigenvalue weighted by atomic mass is 19.1. The average Bonchev–Trinajstić information content (AvgIpc) is 2.50. The maximum absolute atomic E-state index is 12.6. The van der Waals surface area contributed by atoms with Crippen LogP contribution in [0.4, 0.5) is 4.39 Å². The summed E-state index contributed by atoms with van der Waals surface area (Å²) in [6, 6.07) is 1.72. The zero-order chi connectivity index (χ0) is 10.1. The minimum atomic E-state index is -0.532. The first-order valence-electron chi connectivity index (χ1n) is 5.79. The van der Waals surface area contributed by atoms with E-state index in [0.717, 1.165) is 19.4 Å². The Kier molecular flexibility index (Phi) is 3.07. The Labute approximate surface area is 85.9 Å². The van der Waals surface area contributed by atoms with Crippen molar-refractivity contribution in [3.05, 3.63) is 0 Å². The molecule has 1 heterocycles. The summed E-state index contributed by atoms with van der Waals surface area (Å²) in [5, 5.41) is 3.55. The van der Waals surface area contributed by atoms with E-state index in [2.05, 4.69) is 24.1 Å². The Morgan fingerprint density at radius 2 is 2.00 bits per heavy atom. The van der Waals surface area contributed by atoms with Crippen LogP contribution in [0.3, 0.4) is 0 Å². The molecule has 0 unspecified atom stereocenters. The first-order chi connectivity index (χ1) is 6.65. The van der Waals surface area contributed by atoms with Crippen molar-refractivity contribution in [2.45, 2.75) is 57.4 Å². The van der Waals surface area contributed by atoms with E-state index < -0.39 is 6.17 Å². The molecule has 2 aliphatic rings. The fraction of sp³-hybridized carbons (Fsp3) is 1.00. The molecule has 0 amide bonds. The quantitative estimate of drug-likeness (QED) is 0.743. The van der Waals surface area contributed by atoms with Gasteiger partial charge in [-0.1, -0.05) is 0 Å². The maximum Gasteiger partial charge on any atom is 0.103 e. The third kappa shape index (κ3) is 2.26. The van der Waals surface area contributed by atoms with Crippen molar-refractivity contribution in [1.82, 2.24) is 10.2 Å². The Balaban J connectivity index is 1.69. The molecule has 2 rings (SSSR count). The summed E-state index contributed by atoms with van der Waals surface area (Å²) in [6.07, 6.45) is 2.16. The number of nitrogens with zero attached hydrogens (tertiary/aromatic N) is 1. The van der Waals surface area contributed by atoms with Gasteiger partial charge in [-0.15, -0.1) is 0 Å². The Morgan fingerprint density at radius 1 is 1.29 bits per heavy atom. The zero-order valence-electron chi connectivity index (χ0n) is 9.17. The number of likely N-dealkylation sites (tertiary alicyclic amines) is 1. The number of alkyl halides is 1. The highest BCUT2D eigenvalue weighted by Gasteiger charge is 2.32. The van der Waals surface area contributed by atoms with Gasteiger partial charge < -0.3 is 5.32 Å². The van der Waals surface area contributed by atoms with Crippen molar-refractivity contribution in [3.63, 3.8) is 0 Å². The van der Waals surface area contributed by atoms with Crippen LogP contribution in [0.1, 0.15) is 33.1 Å². The van der Waals surface area contributed by atoms with Gasteiger partial charge in [0.25, 0.3) is 0 Å². The van der Waals surface area contributed by atoms with Gasteiger partial charge >= 0.3 is 0 Å². The first kappa shape index (κ1) is 10.4. The summed E-state index contributed by atoms with van der Waals surface area (Å²) < 4.78 is 12.6. The van der Waals surface area contributed by atoms with Gasteiger partial charge in [-0.05, 0) is 39.7 Å². The molecule has 0 bridgehead atoms. The van der Waals surface area contributed by atoms with Gasteiger partial charge in [-0.3, -0.25) is 4.90 Å². The number of rotatable bonds is 3. The minimum Gasteiger partial charge on any atom is -0.310 e. The van der Waals surface area contributed by atoms with Gasteiger partial charge in [0, 0.05) is 24.7 Å². The van der Waals surface area contributed by atoms with Crippen LogP contribution in [0.5, 0.6) is 0 Å². The molecule has 0 aromatic heterocycles. The zero-order valence-corrected chi connectivity index (χ0v) is 9.17. The van der Waals surface area contributed by atoms with Gasteiger partial charge in [0.15, 0.2) is 0 Å². The molecule has 1 N–H and O–H groups in total. The number of hydrogen-bond donors (Lipinski definition) is 1. The Bertz CT molecular complexity index is 190. The van der Waals surface area contributed by atoms with Crippen molar-refractivity contribution in [1.29, 1.82) is 0 Å².